The van der Waals surface area contributed by atoms with Gasteiger partial charge in [0.05, 0.1) is 4.90 Å². The minimum atomic E-state index is -3.42. The van der Waals surface area contributed by atoms with E-state index in [1.165, 1.54) is 0 Å². The van der Waals surface area contributed by atoms with Crippen molar-refractivity contribution in [3.05, 3.63) is 24.3 Å². The lowest BCUT2D eigenvalue weighted by Crippen LogP contribution is -2.29. The molecule has 0 radical (unpaired) electrons. The summed E-state index contributed by atoms with van der Waals surface area (Å²) in [7, 11) is 0.392. The number of rotatable bonds is 6. The lowest BCUT2D eigenvalue weighted by Gasteiger charge is -2.13. The number of anilines is 1. The van der Waals surface area contributed by atoms with Crippen LogP contribution in [0.1, 0.15) is 13.3 Å². The predicted octanol–water partition coefficient (Wildman–Crippen LogP) is 0.768. The quantitative estimate of drug-likeness (QED) is 0.801. The highest BCUT2D eigenvalue weighted by Gasteiger charge is 2.13. The first-order valence-corrected chi connectivity index (χ1v) is 7.34. The first-order chi connectivity index (χ1) is 8.33. The molecule has 1 rings (SSSR count). The van der Waals surface area contributed by atoms with Crippen molar-refractivity contribution < 1.29 is 8.42 Å². The van der Waals surface area contributed by atoms with E-state index in [4.69, 9.17) is 5.73 Å². The lowest BCUT2D eigenvalue weighted by molar-refractivity contribution is 0.572. The third-order valence-corrected chi connectivity index (χ3v) is 4.03. The zero-order valence-corrected chi connectivity index (χ0v) is 11.9. The molecule has 0 unspecified atom stereocenters. The Labute approximate surface area is 109 Å². The van der Waals surface area contributed by atoms with Crippen LogP contribution in [0.25, 0.3) is 0 Å². The Hall–Kier alpha value is -1.11. The molecule has 0 aliphatic heterocycles. The van der Waals surface area contributed by atoms with Gasteiger partial charge in [0.1, 0.15) is 0 Å². The summed E-state index contributed by atoms with van der Waals surface area (Å²) in [6.45, 7) is 2.20. The summed E-state index contributed by atoms with van der Waals surface area (Å²) in [6, 6.07) is 6.75. The third kappa shape index (κ3) is 4.29. The number of sulfonamides is 1. The van der Waals surface area contributed by atoms with Crippen LogP contribution in [-0.4, -0.2) is 35.1 Å². The van der Waals surface area contributed by atoms with Crippen molar-refractivity contribution in [2.45, 2.75) is 24.3 Å². The molecular formula is C12H21N3O2S. The smallest absolute Gasteiger partial charge is 0.240 e. The van der Waals surface area contributed by atoms with E-state index >= 15 is 0 Å². The third-order valence-electron chi connectivity index (χ3n) is 2.56. The van der Waals surface area contributed by atoms with Crippen molar-refractivity contribution in [2.24, 2.45) is 5.73 Å². The summed E-state index contributed by atoms with van der Waals surface area (Å²) in [5, 5.41) is 0. The van der Waals surface area contributed by atoms with E-state index in [9.17, 15) is 8.42 Å². The molecule has 0 aliphatic rings. The Morgan fingerprint density at radius 2 is 1.83 bits per heavy atom. The lowest BCUT2D eigenvalue weighted by atomic mass is 10.3. The van der Waals surface area contributed by atoms with Gasteiger partial charge in [0, 0.05) is 32.4 Å². The maximum atomic E-state index is 11.9. The van der Waals surface area contributed by atoms with Crippen LogP contribution in [-0.2, 0) is 10.0 Å². The van der Waals surface area contributed by atoms with Gasteiger partial charge in [-0.25, -0.2) is 13.1 Å². The summed E-state index contributed by atoms with van der Waals surface area (Å²) in [4.78, 5) is 2.19. The van der Waals surface area contributed by atoms with Crippen LogP contribution in [0.3, 0.4) is 0 Å². The number of nitrogens with two attached hydrogens (primary N) is 1. The van der Waals surface area contributed by atoms with E-state index in [2.05, 4.69) is 4.72 Å². The SMILES string of the molecule is C[C@@H](N)CCNS(=O)(=O)c1ccc(N(C)C)cc1. The number of hydrogen-bond donors (Lipinski definition) is 2. The van der Waals surface area contributed by atoms with Gasteiger partial charge in [-0.1, -0.05) is 0 Å². The summed E-state index contributed by atoms with van der Waals surface area (Å²) < 4.78 is 26.4. The van der Waals surface area contributed by atoms with E-state index in [0.717, 1.165) is 5.69 Å². The van der Waals surface area contributed by atoms with Gasteiger partial charge in [0.15, 0.2) is 0 Å². The zero-order valence-electron chi connectivity index (χ0n) is 11.1. The standard InChI is InChI=1S/C12H21N3O2S/c1-10(13)8-9-14-18(16,17)12-6-4-11(5-7-12)15(2)3/h4-7,10,14H,8-9,13H2,1-3H3/t10-/m1/s1. The van der Waals surface area contributed by atoms with Gasteiger partial charge in [0.25, 0.3) is 0 Å². The molecule has 5 nitrogen and oxygen atoms in total. The van der Waals surface area contributed by atoms with Gasteiger partial charge >= 0.3 is 0 Å². The molecule has 3 N–H and O–H groups in total. The maximum Gasteiger partial charge on any atom is 0.240 e. The highest BCUT2D eigenvalue weighted by atomic mass is 32.2. The molecule has 0 amide bonds. The van der Waals surface area contributed by atoms with Crippen LogP contribution < -0.4 is 15.4 Å². The molecule has 1 aromatic rings. The normalized spacial score (nSPS) is 13.3. The van der Waals surface area contributed by atoms with Crippen molar-refractivity contribution in [2.75, 3.05) is 25.5 Å². The van der Waals surface area contributed by atoms with E-state index in [0.29, 0.717) is 13.0 Å². The molecule has 1 atom stereocenters. The molecule has 1 aromatic carbocycles. The largest absolute Gasteiger partial charge is 0.378 e. The first kappa shape index (κ1) is 14.9. The molecule has 6 heteroatoms. The van der Waals surface area contributed by atoms with Crippen LogP contribution >= 0.6 is 0 Å². The molecular weight excluding hydrogens is 250 g/mol. The second kappa shape index (κ2) is 6.17. The monoisotopic (exact) mass is 271 g/mol. The molecule has 102 valence electrons. The van der Waals surface area contributed by atoms with Crippen molar-refractivity contribution >= 4 is 15.7 Å². The minimum Gasteiger partial charge on any atom is -0.378 e. The van der Waals surface area contributed by atoms with Gasteiger partial charge in [-0.15, -0.1) is 0 Å². The molecule has 0 fully saturated rings. The van der Waals surface area contributed by atoms with Crippen LogP contribution in [0.2, 0.25) is 0 Å². The fraction of sp³-hybridized carbons (Fsp3) is 0.500. The molecule has 0 aromatic heterocycles. The molecule has 18 heavy (non-hydrogen) atoms. The Bertz CT molecular complexity index is 467. The highest BCUT2D eigenvalue weighted by molar-refractivity contribution is 7.89. The first-order valence-electron chi connectivity index (χ1n) is 5.85. The molecule has 0 heterocycles. The Morgan fingerprint density at radius 3 is 2.28 bits per heavy atom. The summed E-state index contributed by atoms with van der Waals surface area (Å²) in [6.07, 6.45) is 0.620. The summed E-state index contributed by atoms with van der Waals surface area (Å²) >= 11 is 0. The molecule has 0 bridgehead atoms. The van der Waals surface area contributed by atoms with Crippen LogP contribution in [0.4, 0.5) is 5.69 Å². The van der Waals surface area contributed by atoms with Gasteiger partial charge in [-0.05, 0) is 37.6 Å². The Kier molecular flexibility index (Phi) is 5.13. The van der Waals surface area contributed by atoms with E-state index in [1.54, 1.807) is 24.3 Å². The van der Waals surface area contributed by atoms with Gasteiger partial charge in [0.2, 0.25) is 10.0 Å². The average molecular weight is 271 g/mol. The van der Waals surface area contributed by atoms with Crippen molar-refractivity contribution in [1.82, 2.24) is 4.72 Å². The Balaban J connectivity index is 2.73. The van der Waals surface area contributed by atoms with Gasteiger partial charge in [-0.3, -0.25) is 0 Å². The van der Waals surface area contributed by atoms with Gasteiger partial charge in [-0.2, -0.15) is 0 Å². The second-order valence-corrected chi connectivity index (χ2v) is 6.32. The molecule has 0 aliphatic carbocycles. The number of benzene rings is 1. The van der Waals surface area contributed by atoms with Crippen LogP contribution in [0, 0.1) is 0 Å². The topological polar surface area (TPSA) is 75.4 Å². The average Bonchev–Trinajstić information content (AvgIpc) is 2.28. The summed E-state index contributed by atoms with van der Waals surface area (Å²) in [5.41, 5.74) is 6.54. The molecule has 0 spiro atoms. The fourth-order valence-electron chi connectivity index (χ4n) is 1.43. The number of nitrogens with one attached hydrogen (secondary N) is 1. The highest BCUT2D eigenvalue weighted by Crippen LogP contribution is 2.15. The number of nitrogens with zero attached hydrogens (tertiary/aromatic N) is 1. The van der Waals surface area contributed by atoms with E-state index in [-0.39, 0.29) is 10.9 Å². The van der Waals surface area contributed by atoms with Crippen LogP contribution in [0.15, 0.2) is 29.2 Å². The predicted molar refractivity (Wildman–Crippen MR) is 74.2 cm³/mol. The van der Waals surface area contributed by atoms with Crippen molar-refractivity contribution in [3.8, 4) is 0 Å². The van der Waals surface area contributed by atoms with Crippen molar-refractivity contribution in [1.29, 1.82) is 0 Å². The second-order valence-electron chi connectivity index (χ2n) is 4.55. The van der Waals surface area contributed by atoms with E-state index in [1.807, 2.05) is 25.9 Å². The molecule has 0 saturated heterocycles. The fourth-order valence-corrected chi connectivity index (χ4v) is 2.48. The maximum absolute atomic E-state index is 11.9. The zero-order chi connectivity index (χ0) is 13.8. The van der Waals surface area contributed by atoms with Crippen molar-refractivity contribution in [3.63, 3.8) is 0 Å². The van der Waals surface area contributed by atoms with Gasteiger partial charge < -0.3 is 10.6 Å². The van der Waals surface area contributed by atoms with Crippen LogP contribution in [0.5, 0.6) is 0 Å². The minimum absolute atomic E-state index is 0.0104. The number of hydrogen-bond acceptors (Lipinski definition) is 4. The molecule has 0 saturated carbocycles. The van der Waals surface area contributed by atoms with E-state index < -0.39 is 10.0 Å². The summed E-state index contributed by atoms with van der Waals surface area (Å²) in [5.74, 6) is 0. The Morgan fingerprint density at radius 1 is 1.28 bits per heavy atom.